The van der Waals surface area contributed by atoms with E-state index in [0.717, 1.165) is 72.2 Å². The molecule has 1 fully saturated rings. The van der Waals surface area contributed by atoms with Gasteiger partial charge in [-0.3, -0.25) is 14.7 Å². The number of aromatic nitrogens is 1. The van der Waals surface area contributed by atoms with E-state index in [1.54, 1.807) is 19.4 Å². The van der Waals surface area contributed by atoms with Crippen LogP contribution in [0.25, 0.3) is 21.7 Å². The number of methoxy groups -OCH3 is 1. The largest absolute Gasteiger partial charge is 0.493 e. The minimum atomic E-state index is -0.205. The molecule has 1 aliphatic heterocycles. The van der Waals surface area contributed by atoms with Gasteiger partial charge in [0, 0.05) is 43.0 Å². The third-order valence-electron chi connectivity index (χ3n) is 7.55. The molecule has 0 radical (unpaired) electrons. The molecule has 220 valence electrons. The zero-order chi connectivity index (χ0) is 29.6. The van der Waals surface area contributed by atoms with Gasteiger partial charge in [-0.2, -0.15) is 0 Å². The zero-order valence-corrected chi connectivity index (χ0v) is 24.5. The van der Waals surface area contributed by atoms with Gasteiger partial charge >= 0.3 is 0 Å². The molecular weight excluding hydrogens is 542 g/mol. The standard InChI is InChI=1S/C35H35N3O5/c1-24-7-5-9-26(19-24)37-35(39)29-21-27(20-25-8-3-4-10-28(25)29)43-32-11-12-36-31-23-34(33(40-2)22-30(31)32)42-16-6-13-38-14-17-41-18-15-38/h3-5,7-12,19-23H,6,13-18H2,1-2H3,(H,37,39). The number of rotatable bonds is 10. The number of benzene rings is 4. The molecule has 1 aromatic heterocycles. The monoisotopic (exact) mass is 577 g/mol. The Hall–Kier alpha value is -4.66. The summed E-state index contributed by atoms with van der Waals surface area (Å²) in [6, 6.07) is 24.8. The summed E-state index contributed by atoms with van der Waals surface area (Å²) < 4.78 is 23.7. The molecule has 5 aromatic rings. The van der Waals surface area contributed by atoms with E-state index in [-0.39, 0.29) is 5.91 Å². The highest BCUT2D eigenvalue weighted by Gasteiger charge is 2.16. The van der Waals surface area contributed by atoms with Crippen molar-refractivity contribution in [2.24, 2.45) is 0 Å². The van der Waals surface area contributed by atoms with Crippen LogP contribution >= 0.6 is 0 Å². The van der Waals surface area contributed by atoms with Crippen molar-refractivity contribution < 1.29 is 23.7 Å². The Morgan fingerprint density at radius 1 is 0.930 bits per heavy atom. The smallest absolute Gasteiger partial charge is 0.256 e. The van der Waals surface area contributed by atoms with Crippen molar-refractivity contribution in [3.05, 3.63) is 96.2 Å². The van der Waals surface area contributed by atoms with Crippen LogP contribution in [-0.4, -0.2) is 62.4 Å². The van der Waals surface area contributed by atoms with E-state index in [4.69, 9.17) is 18.9 Å². The lowest BCUT2D eigenvalue weighted by Crippen LogP contribution is -2.37. The molecule has 0 aliphatic carbocycles. The van der Waals surface area contributed by atoms with Gasteiger partial charge in [0.25, 0.3) is 5.91 Å². The van der Waals surface area contributed by atoms with Crippen molar-refractivity contribution >= 4 is 33.3 Å². The fourth-order valence-electron chi connectivity index (χ4n) is 5.36. The fourth-order valence-corrected chi connectivity index (χ4v) is 5.36. The average Bonchev–Trinajstić information content (AvgIpc) is 3.03. The molecule has 1 saturated heterocycles. The maximum Gasteiger partial charge on any atom is 0.256 e. The van der Waals surface area contributed by atoms with Crippen LogP contribution in [0.5, 0.6) is 23.0 Å². The van der Waals surface area contributed by atoms with E-state index in [1.807, 2.05) is 79.7 Å². The Morgan fingerprint density at radius 2 is 1.79 bits per heavy atom. The van der Waals surface area contributed by atoms with Gasteiger partial charge in [-0.25, -0.2) is 0 Å². The average molecular weight is 578 g/mol. The van der Waals surface area contributed by atoms with Gasteiger partial charge in [-0.05, 0) is 66.1 Å². The normalized spacial score (nSPS) is 13.6. The lowest BCUT2D eigenvalue weighted by Gasteiger charge is -2.26. The van der Waals surface area contributed by atoms with Crippen LogP contribution in [0.3, 0.4) is 0 Å². The molecule has 8 nitrogen and oxygen atoms in total. The van der Waals surface area contributed by atoms with Crippen LogP contribution in [0.15, 0.2) is 85.1 Å². The Kier molecular flexibility index (Phi) is 8.67. The Balaban J connectivity index is 1.25. The maximum absolute atomic E-state index is 13.5. The van der Waals surface area contributed by atoms with Gasteiger partial charge in [-0.15, -0.1) is 0 Å². The second kappa shape index (κ2) is 13.1. The molecule has 1 amide bonds. The summed E-state index contributed by atoms with van der Waals surface area (Å²) in [6.07, 6.45) is 2.61. The topological polar surface area (TPSA) is 82.2 Å². The zero-order valence-electron chi connectivity index (χ0n) is 24.5. The summed E-state index contributed by atoms with van der Waals surface area (Å²) >= 11 is 0. The summed E-state index contributed by atoms with van der Waals surface area (Å²) in [5, 5.41) is 5.55. The first kappa shape index (κ1) is 28.5. The number of nitrogens with one attached hydrogen (secondary N) is 1. The van der Waals surface area contributed by atoms with Crippen molar-refractivity contribution in [1.82, 2.24) is 9.88 Å². The van der Waals surface area contributed by atoms with Crippen molar-refractivity contribution in [2.45, 2.75) is 13.3 Å². The second-order valence-corrected chi connectivity index (χ2v) is 10.6. The number of pyridine rings is 1. The number of fused-ring (bicyclic) bond motifs is 2. The Labute approximate surface area is 251 Å². The van der Waals surface area contributed by atoms with Gasteiger partial charge in [-0.1, -0.05) is 36.4 Å². The number of amides is 1. The quantitative estimate of drug-likeness (QED) is 0.182. The molecular formula is C35H35N3O5. The molecule has 0 saturated carbocycles. The molecule has 8 heteroatoms. The number of aryl methyl sites for hydroxylation is 1. The predicted molar refractivity (Wildman–Crippen MR) is 169 cm³/mol. The van der Waals surface area contributed by atoms with E-state index < -0.39 is 0 Å². The Morgan fingerprint density at radius 3 is 2.63 bits per heavy atom. The van der Waals surface area contributed by atoms with Crippen molar-refractivity contribution in [3.8, 4) is 23.0 Å². The maximum atomic E-state index is 13.5. The molecule has 6 rings (SSSR count). The summed E-state index contributed by atoms with van der Waals surface area (Å²) in [4.78, 5) is 20.4. The van der Waals surface area contributed by atoms with E-state index >= 15 is 0 Å². The number of anilines is 1. The molecule has 0 bridgehead atoms. The summed E-state index contributed by atoms with van der Waals surface area (Å²) in [7, 11) is 1.63. The molecule has 0 unspecified atom stereocenters. The van der Waals surface area contributed by atoms with E-state index in [9.17, 15) is 4.79 Å². The van der Waals surface area contributed by atoms with Crippen molar-refractivity contribution in [3.63, 3.8) is 0 Å². The van der Waals surface area contributed by atoms with Gasteiger partial charge in [0.05, 0.1) is 38.0 Å². The van der Waals surface area contributed by atoms with Crippen LogP contribution in [0.1, 0.15) is 22.3 Å². The van der Waals surface area contributed by atoms with Crippen LogP contribution < -0.4 is 19.5 Å². The molecule has 2 heterocycles. The molecule has 43 heavy (non-hydrogen) atoms. The van der Waals surface area contributed by atoms with Gasteiger partial charge in [0.1, 0.15) is 11.5 Å². The highest BCUT2D eigenvalue weighted by atomic mass is 16.5. The minimum Gasteiger partial charge on any atom is -0.493 e. The number of ether oxygens (including phenoxy) is 4. The summed E-state index contributed by atoms with van der Waals surface area (Å²) in [5.74, 6) is 2.19. The van der Waals surface area contributed by atoms with Crippen LogP contribution in [0.4, 0.5) is 5.69 Å². The molecule has 0 atom stereocenters. The first-order valence-corrected chi connectivity index (χ1v) is 14.6. The van der Waals surface area contributed by atoms with Crippen molar-refractivity contribution in [2.75, 3.05) is 51.9 Å². The Bertz CT molecular complexity index is 1750. The highest BCUT2D eigenvalue weighted by molar-refractivity contribution is 6.13. The second-order valence-electron chi connectivity index (χ2n) is 10.6. The predicted octanol–water partition coefficient (Wildman–Crippen LogP) is 6.85. The fraction of sp³-hybridized carbons (Fsp3) is 0.257. The highest BCUT2D eigenvalue weighted by Crippen LogP contribution is 2.38. The molecule has 1 N–H and O–H groups in total. The molecule has 1 aliphatic rings. The van der Waals surface area contributed by atoms with Crippen LogP contribution in [-0.2, 0) is 4.74 Å². The first-order valence-electron chi connectivity index (χ1n) is 14.6. The summed E-state index contributed by atoms with van der Waals surface area (Å²) in [5.41, 5.74) is 3.06. The number of hydrogen-bond donors (Lipinski definition) is 1. The van der Waals surface area contributed by atoms with Crippen LogP contribution in [0, 0.1) is 6.92 Å². The van der Waals surface area contributed by atoms with E-state index in [0.29, 0.717) is 35.2 Å². The van der Waals surface area contributed by atoms with E-state index in [1.165, 1.54) is 0 Å². The number of hydrogen-bond acceptors (Lipinski definition) is 7. The third-order valence-corrected chi connectivity index (χ3v) is 7.55. The number of carbonyl (C=O) groups excluding carboxylic acids is 1. The lowest BCUT2D eigenvalue weighted by molar-refractivity contribution is 0.0357. The van der Waals surface area contributed by atoms with Gasteiger partial charge in [0.2, 0.25) is 0 Å². The number of morpholine rings is 1. The SMILES string of the molecule is COc1cc2c(Oc3cc(C(=O)Nc4cccc(C)c4)c4ccccc4c3)ccnc2cc1OCCCN1CCOCC1. The number of carbonyl (C=O) groups is 1. The molecule has 4 aromatic carbocycles. The van der Waals surface area contributed by atoms with E-state index in [2.05, 4.69) is 15.2 Å². The molecule has 0 spiro atoms. The van der Waals surface area contributed by atoms with Gasteiger partial charge < -0.3 is 24.3 Å². The van der Waals surface area contributed by atoms with Gasteiger partial charge in [0.15, 0.2) is 11.5 Å². The third kappa shape index (κ3) is 6.71. The summed E-state index contributed by atoms with van der Waals surface area (Å²) in [6.45, 7) is 7.03. The van der Waals surface area contributed by atoms with Crippen molar-refractivity contribution in [1.29, 1.82) is 0 Å². The minimum absolute atomic E-state index is 0.205. The van der Waals surface area contributed by atoms with Crippen LogP contribution in [0.2, 0.25) is 0 Å². The number of nitrogens with zero attached hydrogens (tertiary/aromatic N) is 2. The lowest BCUT2D eigenvalue weighted by atomic mass is 10.0. The first-order chi connectivity index (χ1) is 21.1.